The fourth-order valence-electron chi connectivity index (χ4n) is 2.87. The van der Waals surface area contributed by atoms with Crippen LogP contribution in [-0.4, -0.2) is 60.4 Å². The second kappa shape index (κ2) is 8.11. The Kier molecular flexibility index (Phi) is 6.16. The first kappa shape index (κ1) is 17.5. The van der Waals surface area contributed by atoms with Gasteiger partial charge in [-0.3, -0.25) is 14.5 Å². The number of hydrogen-bond donors (Lipinski definition) is 1. The maximum Gasteiger partial charge on any atom is 0.251 e. The molecule has 0 aromatic heterocycles. The van der Waals surface area contributed by atoms with Crippen molar-refractivity contribution in [1.29, 1.82) is 0 Å². The van der Waals surface area contributed by atoms with Gasteiger partial charge in [0.1, 0.15) is 6.04 Å². The van der Waals surface area contributed by atoms with Crippen LogP contribution in [0.4, 0.5) is 0 Å². The van der Waals surface area contributed by atoms with Crippen molar-refractivity contribution in [3.63, 3.8) is 0 Å². The van der Waals surface area contributed by atoms with E-state index in [0.29, 0.717) is 11.5 Å². The summed E-state index contributed by atoms with van der Waals surface area (Å²) in [5, 5.41) is 2.79. The minimum absolute atomic E-state index is 0.00141. The molecule has 2 rings (SSSR count). The summed E-state index contributed by atoms with van der Waals surface area (Å²) in [4.78, 5) is 28.9. The Morgan fingerprint density at radius 1 is 1.04 bits per heavy atom. The molecule has 1 atom stereocenters. The average Bonchev–Trinajstić information content (AvgIpc) is 2.55. The molecule has 1 N–H and O–H groups in total. The molecule has 0 bridgehead atoms. The second-order valence-corrected chi connectivity index (χ2v) is 6.58. The number of amides is 2. The number of nitrogens with one attached hydrogen (secondary N) is 1. The average molecular weight is 317 g/mol. The van der Waals surface area contributed by atoms with Gasteiger partial charge in [-0.05, 0) is 25.0 Å². The van der Waals surface area contributed by atoms with Gasteiger partial charge >= 0.3 is 0 Å². The van der Waals surface area contributed by atoms with E-state index in [1.54, 1.807) is 19.1 Å². The van der Waals surface area contributed by atoms with Crippen molar-refractivity contribution in [2.24, 2.45) is 5.92 Å². The number of carbonyl (C=O) groups excluding carboxylic acids is 2. The highest BCUT2D eigenvalue weighted by Crippen LogP contribution is 2.07. The van der Waals surface area contributed by atoms with Gasteiger partial charge in [-0.2, -0.15) is 0 Å². The van der Waals surface area contributed by atoms with Gasteiger partial charge in [0.15, 0.2) is 0 Å². The van der Waals surface area contributed by atoms with E-state index in [1.165, 1.54) is 0 Å². The third-order valence-corrected chi connectivity index (χ3v) is 4.06. The lowest BCUT2D eigenvalue weighted by atomic mass is 10.1. The molecule has 1 heterocycles. The molecule has 0 aliphatic carbocycles. The van der Waals surface area contributed by atoms with Gasteiger partial charge in [-0.25, -0.2) is 0 Å². The summed E-state index contributed by atoms with van der Waals surface area (Å²) in [7, 11) is 0. The SMILES string of the molecule is CC(C)CN1CCN(C(=O)C(C)NC(=O)c2ccccc2)CC1. The van der Waals surface area contributed by atoms with Crippen molar-refractivity contribution in [3.8, 4) is 0 Å². The Hall–Kier alpha value is -1.88. The molecule has 1 aromatic rings. The van der Waals surface area contributed by atoms with Crippen molar-refractivity contribution in [2.75, 3.05) is 32.7 Å². The Balaban J connectivity index is 1.83. The Bertz CT molecular complexity index is 522. The smallest absolute Gasteiger partial charge is 0.251 e. The molecule has 0 saturated carbocycles. The van der Waals surface area contributed by atoms with Gasteiger partial charge in [0.2, 0.25) is 5.91 Å². The van der Waals surface area contributed by atoms with Gasteiger partial charge in [0, 0.05) is 38.3 Å². The minimum atomic E-state index is -0.501. The highest BCUT2D eigenvalue weighted by atomic mass is 16.2. The first-order chi connectivity index (χ1) is 11.0. The lowest BCUT2D eigenvalue weighted by Gasteiger charge is -2.36. The van der Waals surface area contributed by atoms with E-state index in [2.05, 4.69) is 24.1 Å². The molecule has 1 aliphatic heterocycles. The minimum Gasteiger partial charge on any atom is -0.341 e. The zero-order chi connectivity index (χ0) is 16.8. The molecule has 126 valence electrons. The van der Waals surface area contributed by atoms with Gasteiger partial charge in [-0.1, -0.05) is 32.0 Å². The largest absolute Gasteiger partial charge is 0.341 e. The molecule has 5 heteroatoms. The van der Waals surface area contributed by atoms with Crippen LogP contribution >= 0.6 is 0 Å². The summed E-state index contributed by atoms with van der Waals surface area (Å²) in [5.74, 6) is 0.435. The zero-order valence-electron chi connectivity index (χ0n) is 14.3. The van der Waals surface area contributed by atoms with E-state index < -0.39 is 6.04 Å². The second-order valence-electron chi connectivity index (χ2n) is 6.58. The lowest BCUT2D eigenvalue weighted by molar-refractivity contribution is -0.134. The number of hydrogen-bond acceptors (Lipinski definition) is 3. The van der Waals surface area contributed by atoms with Crippen molar-refractivity contribution < 1.29 is 9.59 Å². The maximum absolute atomic E-state index is 12.5. The van der Waals surface area contributed by atoms with Crippen LogP contribution in [0.2, 0.25) is 0 Å². The Morgan fingerprint density at radius 2 is 1.65 bits per heavy atom. The van der Waals surface area contributed by atoms with E-state index in [-0.39, 0.29) is 11.8 Å². The van der Waals surface area contributed by atoms with Crippen LogP contribution in [-0.2, 0) is 4.79 Å². The Labute approximate surface area is 138 Å². The molecule has 0 radical (unpaired) electrons. The van der Waals surface area contributed by atoms with Crippen molar-refractivity contribution in [1.82, 2.24) is 15.1 Å². The highest BCUT2D eigenvalue weighted by molar-refractivity contribution is 5.97. The van der Waals surface area contributed by atoms with Crippen molar-refractivity contribution in [2.45, 2.75) is 26.8 Å². The van der Waals surface area contributed by atoms with E-state index >= 15 is 0 Å². The van der Waals surface area contributed by atoms with Crippen LogP contribution in [0, 0.1) is 5.92 Å². The number of carbonyl (C=O) groups is 2. The van der Waals surface area contributed by atoms with Gasteiger partial charge in [0.05, 0.1) is 0 Å². The molecule has 5 nitrogen and oxygen atoms in total. The van der Waals surface area contributed by atoms with Crippen molar-refractivity contribution >= 4 is 11.8 Å². The molecule has 0 spiro atoms. The van der Waals surface area contributed by atoms with Crippen LogP contribution < -0.4 is 5.32 Å². The molecule has 1 aromatic carbocycles. The van der Waals surface area contributed by atoms with E-state index in [4.69, 9.17) is 0 Å². The predicted octanol–water partition coefficient (Wildman–Crippen LogP) is 1.61. The van der Waals surface area contributed by atoms with Crippen LogP contribution in [0.25, 0.3) is 0 Å². The summed E-state index contributed by atoms with van der Waals surface area (Å²) in [6.07, 6.45) is 0. The number of nitrogens with zero attached hydrogens (tertiary/aromatic N) is 2. The topological polar surface area (TPSA) is 52.6 Å². The van der Waals surface area contributed by atoms with E-state index in [0.717, 1.165) is 32.7 Å². The normalized spacial score (nSPS) is 17.1. The van der Waals surface area contributed by atoms with Crippen LogP contribution in [0.3, 0.4) is 0 Å². The predicted molar refractivity (Wildman–Crippen MR) is 91.2 cm³/mol. The molecule has 2 amide bonds. The first-order valence-electron chi connectivity index (χ1n) is 8.34. The zero-order valence-corrected chi connectivity index (χ0v) is 14.3. The third-order valence-electron chi connectivity index (χ3n) is 4.06. The molecular formula is C18H27N3O2. The van der Waals surface area contributed by atoms with Crippen molar-refractivity contribution in [3.05, 3.63) is 35.9 Å². The highest BCUT2D eigenvalue weighted by Gasteiger charge is 2.26. The van der Waals surface area contributed by atoms with Gasteiger partial charge < -0.3 is 10.2 Å². The summed E-state index contributed by atoms with van der Waals surface area (Å²) in [6.45, 7) is 10.5. The van der Waals surface area contributed by atoms with Crippen LogP contribution in [0.15, 0.2) is 30.3 Å². The molecule has 23 heavy (non-hydrogen) atoms. The maximum atomic E-state index is 12.5. The fourth-order valence-corrected chi connectivity index (χ4v) is 2.87. The van der Waals surface area contributed by atoms with E-state index in [1.807, 2.05) is 23.1 Å². The summed E-state index contributed by atoms with van der Waals surface area (Å²) in [6, 6.07) is 8.49. The van der Waals surface area contributed by atoms with E-state index in [9.17, 15) is 9.59 Å². The fraction of sp³-hybridized carbons (Fsp3) is 0.556. The quantitative estimate of drug-likeness (QED) is 0.897. The monoisotopic (exact) mass is 317 g/mol. The molecule has 1 unspecified atom stereocenters. The van der Waals surface area contributed by atoms with Gasteiger partial charge in [0.25, 0.3) is 5.91 Å². The molecule has 1 saturated heterocycles. The molecular weight excluding hydrogens is 290 g/mol. The summed E-state index contributed by atoms with van der Waals surface area (Å²) in [5.41, 5.74) is 0.578. The summed E-state index contributed by atoms with van der Waals surface area (Å²) < 4.78 is 0. The number of rotatable bonds is 5. The number of piperazine rings is 1. The number of benzene rings is 1. The molecule has 1 fully saturated rings. The summed E-state index contributed by atoms with van der Waals surface area (Å²) >= 11 is 0. The molecule has 1 aliphatic rings. The first-order valence-corrected chi connectivity index (χ1v) is 8.34. The van der Waals surface area contributed by atoms with Crippen LogP contribution in [0.5, 0.6) is 0 Å². The standard InChI is InChI=1S/C18H27N3O2/c1-14(2)13-20-9-11-21(12-10-20)18(23)15(3)19-17(22)16-7-5-4-6-8-16/h4-8,14-15H,9-13H2,1-3H3,(H,19,22). The van der Waals surface area contributed by atoms with Crippen LogP contribution in [0.1, 0.15) is 31.1 Å². The Morgan fingerprint density at radius 3 is 2.22 bits per heavy atom. The third kappa shape index (κ3) is 5.06. The lowest BCUT2D eigenvalue weighted by Crippen LogP contribution is -2.54. The van der Waals surface area contributed by atoms with Gasteiger partial charge in [-0.15, -0.1) is 0 Å².